The molecule has 1 aliphatic rings. The Bertz CT molecular complexity index is 744. The molecule has 2 aromatic rings. The summed E-state index contributed by atoms with van der Waals surface area (Å²) in [6.45, 7) is 5.69. The van der Waals surface area contributed by atoms with Crippen molar-refractivity contribution in [2.45, 2.75) is 33.4 Å². The van der Waals surface area contributed by atoms with E-state index >= 15 is 0 Å². The van der Waals surface area contributed by atoms with Gasteiger partial charge in [-0.25, -0.2) is 4.98 Å². The summed E-state index contributed by atoms with van der Waals surface area (Å²) in [4.78, 5) is 9.10. The van der Waals surface area contributed by atoms with Crippen molar-refractivity contribution in [2.24, 2.45) is 0 Å². The highest BCUT2D eigenvalue weighted by Crippen LogP contribution is 2.30. The number of aromatic nitrogens is 2. The number of hydrogen-bond acceptors (Lipinski definition) is 7. The van der Waals surface area contributed by atoms with Crippen molar-refractivity contribution in [3.8, 4) is 11.5 Å². The first-order chi connectivity index (χ1) is 13.0. The van der Waals surface area contributed by atoms with E-state index in [1.807, 2.05) is 19.9 Å². The fraction of sp³-hybridized carbons (Fsp3) is 0.556. The summed E-state index contributed by atoms with van der Waals surface area (Å²) in [5.74, 6) is 1.24. The number of halogens is 2. The molecule has 1 fully saturated rings. The standard InChI is InChI=1S/C18H24F2N4O2S/c1-3-25-16-11-14(5-6-15(16)26-17(19)20)12-23-7-4-8-24(10-9-23)18-21-13(2)22-27-18/h5-6,11,17H,3-4,7-10,12H2,1-2H3. The molecule has 0 radical (unpaired) electrons. The fourth-order valence-electron chi connectivity index (χ4n) is 3.11. The predicted octanol–water partition coefficient (Wildman–Crippen LogP) is 3.56. The molecule has 0 saturated carbocycles. The van der Waals surface area contributed by atoms with Crippen LogP contribution in [0, 0.1) is 6.92 Å². The fourth-order valence-corrected chi connectivity index (χ4v) is 3.83. The van der Waals surface area contributed by atoms with Gasteiger partial charge in [-0.2, -0.15) is 13.2 Å². The highest BCUT2D eigenvalue weighted by Gasteiger charge is 2.19. The second kappa shape index (κ2) is 9.27. The molecular weight excluding hydrogens is 374 g/mol. The van der Waals surface area contributed by atoms with Gasteiger partial charge >= 0.3 is 6.61 Å². The van der Waals surface area contributed by atoms with Crippen LogP contribution in [0.4, 0.5) is 13.9 Å². The predicted molar refractivity (Wildman–Crippen MR) is 101 cm³/mol. The summed E-state index contributed by atoms with van der Waals surface area (Å²) < 4.78 is 39.3. The summed E-state index contributed by atoms with van der Waals surface area (Å²) in [6, 6.07) is 5.16. The van der Waals surface area contributed by atoms with Gasteiger partial charge in [0.1, 0.15) is 5.82 Å². The van der Waals surface area contributed by atoms with Gasteiger partial charge in [-0.1, -0.05) is 6.07 Å². The normalized spacial score (nSPS) is 15.8. The summed E-state index contributed by atoms with van der Waals surface area (Å²) >= 11 is 1.44. The number of ether oxygens (including phenoxy) is 2. The second-order valence-electron chi connectivity index (χ2n) is 6.33. The number of benzene rings is 1. The molecule has 1 aromatic carbocycles. The minimum absolute atomic E-state index is 0.0734. The largest absolute Gasteiger partial charge is 0.490 e. The number of aryl methyl sites for hydroxylation is 1. The number of hydrogen-bond donors (Lipinski definition) is 0. The molecule has 3 rings (SSSR count). The number of anilines is 1. The molecule has 2 heterocycles. The van der Waals surface area contributed by atoms with Gasteiger partial charge in [-0.3, -0.25) is 4.90 Å². The molecule has 1 saturated heterocycles. The van der Waals surface area contributed by atoms with Gasteiger partial charge in [0.2, 0.25) is 5.13 Å². The Labute approximate surface area is 161 Å². The van der Waals surface area contributed by atoms with E-state index in [-0.39, 0.29) is 5.75 Å². The van der Waals surface area contributed by atoms with Gasteiger partial charge in [-0.05, 0) is 38.0 Å². The summed E-state index contributed by atoms with van der Waals surface area (Å²) in [5.41, 5.74) is 1.01. The van der Waals surface area contributed by atoms with Crippen LogP contribution >= 0.6 is 11.5 Å². The van der Waals surface area contributed by atoms with Gasteiger partial charge in [0, 0.05) is 44.3 Å². The molecule has 6 nitrogen and oxygen atoms in total. The first-order valence-electron chi connectivity index (χ1n) is 9.03. The van der Waals surface area contributed by atoms with E-state index in [1.54, 1.807) is 12.1 Å². The van der Waals surface area contributed by atoms with Gasteiger partial charge in [-0.15, -0.1) is 0 Å². The highest BCUT2D eigenvalue weighted by molar-refractivity contribution is 7.09. The minimum Gasteiger partial charge on any atom is -0.490 e. The smallest absolute Gasteiger partial charge is 0.387 e. The first-order valence-corrected chi connectivity index (χ1v) is 9.80. The Kier molecular flexibility index (Phi) is 6.78. The monoisotopic (exact) mass is 398 g/mol. The van der Waals surface area contributed by atoms with Crippen LogP contribution in [0.2, 0.25) is 0 Å². The third-order valence-corrected chi connectivity index (χ3v) is 5.17. The first kappa shape index (κ1) is 19.8. The van der Waals surface area contributed by atoms with Crippen LogP contribution in [0.1, 0.15) is 24.7 Å². The van der Waals surface area contributed by atoms with Crippen LogP contribution in [0.15, 0.2) is 18.2 Å². The Balaban J connectivity index is 1.63. The van der Waals surface area contributed by atoms with Crippen molar-refractivity contribution in [1.82, 2.24) is 14.3 Å². The Morgan fingerprint density at radius 1 is 1.19 bits per heavy atom. The molecular formula is C18H24F2N4O2S. The van der Waals surface area contributed by atoms with Gasteiger partial charge in [0.05, 0.1) is 6.61 Å². The summed E-state index contributed by atoms with van der Waals surface area (Å²) in [6.07, 6.45) is 1.03. The maximum Gasteiger partial charge on any atom is 0.387 e. The van der Waals surface area contributed by atoms with Crippen molar-refractivity contribution in [3.05, 3.63) is 29.6 Å². The lowest BCUT2D eigenvalue weighted by Crippen LogP contribution is -2.30. The number of nitrogens with zero attached hydrogens (tertiary/aromatic N) is 4. The van der Waals surface area contributed by atoms with E-state index in [0.717, 1.165) is 55.7 Å². The highest BCUT2D eigenvalue weighted by atomic mass is 32.1. The molecule has 0 aliphatic carbocycles. The molecule has 1 aliphatic heterocycles. The molecule has 0 N–H and O–H groups in total. The van der Waals surface area contributed by atoms with Crippen LogP contribution < -0.4 is 14.4 Å². The zero-order valence-corrected chi connectivity index (χ0v) is 16.3. The third kappa shape index (κ3) is 5.49. The Hall–Kier alpha value is -2.00. The topological polar surface area (TPSA) is 50.7 Å². The number of rotatable bonds is 7. The van der Waals surface area contributed by atoms with Crippen LogP contribution in [0.3, 0.4) is 0 Å². The molecule has 0 amide bonds. The van der Waals surface area contributed by atoms with E-state index in [4.69, 9.17) is 4.74 Å². The molecule has 0 atom stereocenters. The molecule has 0 spiro atoms. The zero-order valence-electron chi connectivity index (χ0n) is 15.5. The zero-order chi connectivity index (χ0) is 19.2. The third-order valence-electron chi connectivity index (χ3n) is 4.31. The Morgan fingerprint density at radius 2 is 2.04 bits per heavy atom. The molecule has 148 valence electrons. The lowest BCUT2D eigenvalue weighted by molar-refractivity contribution is -0.0514. The van der Waals surface area contributed by atoms with Crippen LogP contribution in [-0.4, -0.2) is 53.7 Å². The van der Waals surface area contributed by atoms with Gasteiger partial charge in [0.25, 0.3) is 0 Å². The van der Waals surface area contributed by atoms with Crippen molar-refractivity contribution in [1.29, 1.82) is 0 Å². The quantitative estimate of drug-likeness (QED) is 0.711. The molecule has 27 heavy (non-hydrogen) atoms. The molecule has 0 unspecified atom stereocenters. The van der Waals surface area contributed by atoms with Crippen molar-refractivity contribution >= 4 is 16.7 Å². The minimum atomic E-state index is -2.87. The number of alkyl halides is 2. The van der Waals surface area contributed by atoms with Crippen molar-refractivity contribution in [2.75, 3.05) is 37.7 Å². The lowest BCUT2D eigenvalue weighted by Gasteiger charge is -2.22. The van der Waals surface area contributed by atoms with Crippen molar-refractivity contribution in [3.63, 3.8) is 0 Å². The van der Waals surface area contributed by atoms with Crippen LogP contribution in [0.25, 0.3) is 0 Å². The van der Waals surface area contributed by atoms with E-state index < -0.39 is 6.61 Å². The summed E-state index contributed by atoms with van der Waals surface area (Å²) in [5, 5.41) is 0.974. The van der Waals surface area contributed by atoms with Crippen molar-refractivity contribution < 1.29 is 18.3 Å². The SMILES string of the molecule is CCOc1cc(CN2CCCN(c3nc(C)ns3)CC2)ccc1OC(F)F. The average molecular weight is 398 g/mol. The lowest BCUT2D eigenvalue weighted by atomic mass is 10.2. The average Bonchev–Trinajstić information content (AvgIpc) is 2.92. The van der Waals surface area contributed by atoms with E-state index in [1.165, 1.54) is 11.5 Å². The molecule has 1 aromatic heterocycles. The van der Waals surface area contributed by atoms with Gasteiger partial charge < -0.3 is 14.4 Å². The Morgan fingerprint density at radius 3 is 2.74 bits per heavy atom. The maximum atomic E-state index is 12.5. The van der Waals surface area contributed by atoms with E-state index in [2.05, 4.69) is 23.9 Å². The molecule has 9 heteroatoms. The summed E-state index contributed by atoms with van der Waals surface area (Å²) in [7, 11) is 0. The van der Waals surface area contributed by atoms with Crippen LogP contribution in [-0.2, 0) is 6.54 Å². The van der Waals surface area contributed by atoms with E-state index in [0.29, 0.717) is 12.4 Å². The maximum absolute atomic E-state index is 12.5. The second-order valence-corrected chi connectivity index (χ2v) is 7.06. The van der Waals surface area contributed by atoms with Crippen LogP contribution in [0.5, 0.6) is 11.5 Å². The molecule has 0 bridgehead atoms. The van der Waals surface area contributed by atoms with Gasteiger partial charge in [0.15, 0.2) is 11.5 Å². The van der Waals surface area contributed by atoms with E-state index in [9.17, 15) is 8.78 Å².